The molecule has 0 saturated carbocycles. The number of hydrogen-bond donors (Lipinski definition) is 6. The fraction of sp³-hybridized carbons (Fsp3) is 0.292. The molecule has 0 fully saturated rings. The van der Waals surface area contributed by atoms with Crippen molar-refractivity contribution < 1.29 is 38.1 Å². The highest BCUT2D eigenvalue weighted by Gasteiger charge is 2.38. The molecule has 11 nitrogen and oxygen atoms in total. The van der Waals surface area contributed by atoms with Crippen LogP contribution < -0.4 is 16.4 Å². The fourth-order valence-corrected chi connectivity index (χ4v) is 3.00. The topological polar surface area (TPSA) is 184 Å². The number of nitrogens with one attached hydrogen (secondary N) is 2. The van der Waals surface area contributed by atoms with Gasteiger partial charge in [0, 0.05) is 35.9 Å². The van der Waals surface area contributed by atoms with Crippen LogP contribution in [0.1, 0.15) is 17.7 Å². The minimum Gasteiger partial charge on any atom is -0.480 e. The summed E-state index contributed by atoms with van der Waals surface area (Å²) in [6.45, 7) is 0.451. The van der Waals surface area contributed by atoms with Crippen LogP contribution in [0.5, 0.6) is 0 Å². The van der Waals surface area contributed by atoms with Crippen molar-refractivity contribution in [3.63, 3.8) is 0 Å². The van der Waals surface area contributed by atoms with Crippen molar-refractivity contribution in [3.05, 3.63) is 66.1 Å². The summed E-state index contributed by atoms with van der Waals surface area (Å²) in [4.78, 5) is 33.2. The zero-order valence-corrected chi connectivity index (χ0v) is 21.5. The van der Waals surface area contributed by atoms with Gasteiger partial charge in [0.2, 0.25) is 5.95 Å². The third kappa shape index (κ3) is 11.6. The first-order chi connectivity index (χ1) is 18.0. The van der Waals surface area contributed by atoms with E-state index in [-0.39, 0.29) is 13.5 Å². The molecule has 0 amide bonds. The summed E-state index contributed by atoms with van der Waals surface area (Å²) in [6.07, 6.45) is 0.0719. The second kappa shape index (κ2) is 16.2. The maximum Gasteiger partial charge on any atom is 0.490 e. The summed E-state index contributed by atoms with van der Waals surface area (Å²) in [6, 6.07) is 12.2. The van der Waals surface area contributed by atoms with Gasteiger partial charge in [0.25, 0.3) is 0 Å². The molecule has 3 aromatic rings. The number of aliphatic hydroxyl groups is 1. The van der Waals surface area contributed by atoms with Gasteiger partial charge in [-0.1, -0.05) is 12.1 Å². The van der Waals surface area contributed by atoms with Crippen LogP contribution in [0.3, 0.4) is 0 Å². The van der Waals surface area contributed by atoms with Gasteiger partial charge in [-0.3, -0.25) is 15.1 Å². The number of aliphatic hydroxyl groups excluding tert-OH is 1. The molecule has 0 spiro atoms. The Morgan fingerprint density at radius 1 is 1.05 bits per heavy atom. The smallest absolute Gasteiger partial charge is 0.480 e. The summed E-state index contributed by atoms with van der Waals surface area (Å²) >= 11 is 0. The van der Waals surface area contributed by atoms with Crippen molar-refractivity contribution in [1.82, 2.24) is 20.3 Å². The molecule has 3 rings (SSSR count). The monoisotopic (exact) mass is 570 g/mol. The van der Waals surface area contributed by atoms with E-state index in [2.05, 4.69) is 25.6 Å². The average molecular weight is 571 g/mol. The molecule has 1 aromatic carbocycles. The standard InChI is InChI=1S/C22H26N6O3.C2HF3O2.H2S/c23-8-2-5-17-12-16(6-9-24-17)19-7-10-25-22(28-19)27-18-4-1-3-15(11-18)13-26-20(14-29)21(30)31;3-2(4,5)1(6)7;/h1,3-4,6-7,9-12,20,26,29H,2,5,8,13-14,23H2,(H,30,31)(H,25,27,28);(H,6,7);1H2. The van der Waals surface area contributed by atoms with Crippen LogP contribution in [0.25, 0.3) is 11.3 Å². The van der Waals surface area contributed by atoms with E-state index >= 15 is 0 Å². The number of hydrogen-bond acceptors (Lipinski definition) is 9. The van der Waals surface area contributed by atoms with Crippen molar-refractivity contribution in [1.29, 1.82) is 0 Å². The van der Waals surface area contributed by atoms with Gasteiger partial charge in [0.1, 0.15) is 6.04 Å². The Bertz CT molecular complexity index is 1220. The van der Waals surface area contributed by atoms with Gasteiger partial charge < -0.3 is 26.4 Å². The minimum atomic E-state index is -5.08. The lowest BCUT2D eigenvalue weighted by Crippen LogP contribution is -2.39. The Labute approximate surface area is 228 Å². The molecule has 1 unspecified atom stereocenters. The molecule has 1 atom stereocenters. The van der Waals surface area contributed by atoms with Gasteiger partial charge in [0.05, 0.1) is 12.3 Å². The minimum absolute atomic E-state index is 0. The number of carbonyl (C=O) groups is 2. The van der Waals surface area contributed by atoms with Crippen LogP contribution in [0.4, 0.5) is 24.8 Å². The van der Waals surface area contributed by atoms with E-state index in [0.29, 0.717) is 19.0 Å². The second-order valence-corrected chi connectivity index (χ2v) is 7.78. The Balaban J connectivity index is 0.000000841. The van der Waals surface area contributed by atoms with E-state index < -0.39 is 30.8 Å². The Morgan fingerprint density at radius 3 is 2.36 bits per heavy atom. The number of alkyl halides is 3. The maximum absolute atomic E-state index is 11.0. The normalized spacial score (nSPS) is 11.4. The zero-order chi connectivity index (χ0) is 28.1. The third-order valence-electron chi connectivity index (χ3n) is 4.86. The van der Waals surface area contributed by atoms with Crippen LogP contribution in [0.15, 0.2) is 54.9 Å². The number of anilines is 2. The summed E-state index contributed by atoms with van der Waals surface area (Å²) < 4.78 is 31.7. The number of halogens is 3. The van der Waals surface area contributed by atoms with Crippen molar-refractivity contribution in [2.45, 2.75) is 31.6 Å². The lowest BCUT2D eigenvalue weighted by atomic mass is 10.1. The molecular weight excluding hydrogens is 541 g/mol. The van der Waals surface area contributed by atoms with Crippen LogP contribution in [-0.2, 0) is 22.6 Å². The van der Waals surface area contributed by atoms with Crippen LogP contribution in [0, 0.1) is 0 Å². The number of aryl methyl sites for hydroxylation is 1. The van der Waals surface area contributed by atoms with E-state index in [1.807, 2.05) is 42.5 Å². The number of aliphatic carboxylic acids is 2. The summed E-state index contributed by atoms with van der Waals surface area (Å²) in [5, 5.41) is 31.3. The van der Waals surface area contributed by atoms with Gasteiger partial charge in [0.15, 0.2) is 0 Å². The van der Waals surface area contributed by atoms with Crippen molar-refractivity contribution in [2.24, 2.45) is 5.73 Å². The number of benzene rings is 1. The van der Waals surface area contributed by atoms with Crippen LogP contribution in [-0.4, -0.2) is 67.6 Å². The fourth-order valence-electron chi connectivity index (χ4n) is 3.00. The molecule has 39 heavy (non-hydrogen) atoms. The molecular formula is C24H29F3N6O5S. The molecule has 0 radical (unpaired) electrons. The predicted molar refractivity (Wildman–Crippen MR) is 142 cm³/mol. The second-order valence-electron chi connectivity index (χ2n) is 7.78. The van der Waals surface area contributed by atoms with Crippen molar-refractivity contribution >= 4 is 37.1 Å². The Hall–Kier alpha value is -3.79. The Kier molecular flexibility index (Phi) is 13.8. The number of nitrogens with zero attached hydrogens (tertiary/aromatic N) is 3. The largest absolute Gasteiger partial charge is 0.490 e. The van der Waals surface area contributed by atoms with Crippen LogP contribution in [0.2, 0.25) is 0 Å². The molecule has 0 aliphatic heterocycles. The number of aromatic nitrogens is 3. The molecule has 0 aliphatic carbocycles. The average Bonchev–Trinajstić information content (AvgIpc) is 2.88. The lowest BCUT2D eigenvalue weighted by Gasteiger charge is -2.12. The molecule has 15 heteroatoms. The van der Waals surface area contributed by atoms with E-state index in [0.717, 1.165) is 41.0 Å². The SMILES string of the molecule is NCCCc1cc(-c2ccnc(Nc3cccc(CNC(CO)C(=O)O)c3)n2)ccn1.O=C(O)C(F)(F)F.S. The van der Waals surface area contributed by atoms with Gasteiger partial charge in [-0.05, 0) is 55.3 Å². The first-order valence-electron chi connectivity index (χ1n) is 11.2. The van der Waals surface area contributed by atoms with E-state index in [4.69, 9.17) is 25.8 Å². The summed E-state index contributed by atoms with van der Waals surface area (Å²) in [5.74, 6) is -3.40. The Morgan fingerprint density at radius 2 is 1.74 bits per heavy atom. The van der Waals surface area contributed by atoms with E-state index in [1.54, 1.807) is 12.4 Å². The quantitative estimate of drug-likeness (QED) is 0.199. The molecule has 0 bridgehead atoms. The molecule has 212 valence electrons. The van der Waals surface area contributed by atoms with Crippen molar-refractivity contribution in [2.75, 3.05) is 18.5 Å². The first kappa shape index (κ1) is 33.2. The van der Waals surface area contributed by atoms with Gasteiger partial charge in [-0.15, -0.1) is 0 Å². The van der Waals surface area contributed by atoms with Crippen molar-refractivity contribution in [3.8, 4) is 11.3 Å². The molecule has 2 aromatic heterocycles. The predicted octanol–water partition coefficient (Wildman–Crippen LogP) is 2.45. The highest BCUT2D eigenvalue weighted by Crippen LogP contribution is 2.21. The number of pyridine rings is 1. The van der Waals surface area contributed by atoms with Crippen LogP contribution >= 0.6 is 13.5 Å². The van der Waals surface area contributed by atoms with Gasteiger partial charge in [-0.25, -0.2) is 14.8 Å². The number of rotatable bonds is 11. The number of carboxylic acids is 2. The highest BCUT2D eigenvalue weighted by atomic mass is 32.1. The summed E-state index contributed by atoms with van der Waals surface area (Å²) in [5.41, 5.74) is 9.92. The van der Waals surface area contributed by atoms with Gasteiger partial charge in [-0.2, -0.15) is 26.7 Å². The van der Waals surface area contributed by atoms with E-state index in [1.165, 1.54) is 0 Å². The summed E-state index contributed by atoms with van der Waals surface area (Å²) in [7, 11) is 0. The first-order valence-corrected chi connectivity index (χ1v) is 11.2. The third-order valence-corrected chi connectivity index (χ3v) is 4.86. The molecule has 7 N–H and O–H groups in total. The number of nitrogens with two attached hydrogens (primary N) is 1. The number of carboxylic acid groups (broad SMARTS) is 2. The maximum atomic E-state index is 11.0. The van der Waals surface area contributed by atoms with Gasteiger partial charge >= 0.3 is 18.1 Å². The molecule has 2 heterocycles. The lowest BCUT2D eigenvalue weighted by molar-refractivity contribution is -0.192. The highest BCUT2D eigenvalue weighted by molar-refractivity contribution is 7.59. The molecule has 0 aliphatic rings. The molecule has 0 saturated heterocycles. The zero-order valence-electron chi connectivity index (χ0n) is 20.5. The van der Waals surface area contributed by atoms with E-state index in [9.17, 15) is 18.0 Å².